The summed E-state index contributed by atoms with van der Waals surface area (Å²) in [6, 6.07) is 38.1. The van der Waals surface area contributed by atoms with Crippen molar-refractivity contribution in [3.05, 3.63) is 146 Å². The van der Waals surface area contributed by atoms with Gasteiger partial charge in [-0.2, -0.15) is 88.1 Å². The second-order valence-corrected chi connectivity index (χ2v) is 6.60. The van der Waals surface area contributed by atoms with Crippen LogP contribution in [0.2, 0.25) is 0 Å². The van der Waals surface area contributed by atoms with E-state index in [0.29, 0.717) is 0 Å². The molecule has 0 N–H and O–H groups in total. The Bertz CT molecular complexity index is 1100. The van der Waals surface area contributed by atoms with Gasteiger partial charge in [-0.3, -0.25) is 14.0 Å². The Kier molecular flexibility index (Phi) is 9.68. The minimum Gasteiger partial charge on any atom is -0.266 e. The van der Waals surface area contributed by atoms with Crippen molar-refractivity contribution < 1.29 is 18.6 Å². The summed E-state index contributed by atoms with van der Waals surface area (Å²) in [5.41, 5.74) is 2.91. The molecule has 0 atom stereocenters. The molecule has 0 saturated carbocycles. The maximum Gasteiger partial charge on any atom is 0.0493 e. The van der Waals surface area contributed by atoms with Gasteiger partial charge in [0, 0.05) is 55.7 Å². The Hall–Kier alpha value is -4.13. The molecule has 0 bridgehead atoms. The van der Waals surface area contributed by atoms with Crippen LogP contribution < -0.4 is 0 Å². The smallest absolute Gasteiger partial charge is 0.0493 e. The van der Waals surface area contributed by atoms with E-state index >= 15 is 0 Å². The van der Waals surface area contributed by atoms with Crippen LogP contribution in [0.1, 0.15) is 0 Å². The van der Waals surface area contributed by atoms with Crippen LogP contribution in [0.4, 0.5) is 0 Å². The van der Waals surface area contributed by atoms with Crippen molar-refractivity contribution in [3.63, 3.8) is 0 Å². The van der Waals surface area contributed by atoms with Crippen LogP contribution >= 0.6 is 0 Å². The standard InChI is InChI=1S/3C9H7N2.V/c3*1-2-5-9(6-3-1)11-8-4-7-10-11;/h3*1-5,7-8H;/q3*-1;. The van der Waals surface area contributed by atoms with Crippen molar-refractivity contribution in [3.8, 4) is 17.1 Å². The molecule has 0 fully saturated rings. The molecule has 1 radical (unpaired) electrons. The van der Waals surface area contributed by atoms with Gasteiger partial charge in [0.1, 0.15) is 0 Å². The molecular formula is C27H21N6V-3. The summed E-state index contributed by atoms with van der Waals surface area (Å²) >= 11 is 0. The Labute approximate surface area is 211 Å². The minimum absolute atomic E-state index is 0. The first-order valence-electron chi connectivity index (χ1n) is 10.3. The number of nitrogens with zero attached hydrogens (tertiary/aromatic N) is 6. The topological polar surface area (TPSA) is 53.5 Å². The monoisotopic (exact) mass is 480 g/mol. The van der Waals surface area contributed by atoms with Crippen LogP contribution in [0.25, 0.3) is 17.1 Å². The first kappa shape index (κ1) is 24.5. The minimum atomic E-state index is 0. The van der Waals surface area contributed by atoms with Gasteiger partial charge in [-0.1, -0.05) is 0 Å². The zero-order valence-corrected chi connectivity index (χ0v) is 19.7. The number of aromatic nitrogens is 6. The molecule has 3 aromatic heterocycles. The maximum absolute atomic E-state index is 4.07. The number of rotatable bonds is 3. The van der Waals surface area contributed by atoms with Crippen molar-refractivity contribution in [2.75, 3.05) is 0 Å². The maximum atomic E-state index is 4.07. The van der Waals surface area contributed by atoms with Crippen LogP contribution in [0.5, 0.6) is 0 Å². The van der Waals surface area contributed by atoms with Gasteiger partial charge in [-0.25, -0.2) is 0 Å². The van der Waals surface area contributed by atoms with E-state index in [4.69, 9.17) is 0 Å². The van der Waals surface area contributed by atoms with Gasteiger partial charge < -0.3 is 0 Å². The molecule has 0 spiro atoms. The fourth-order valence-electron chi connectivity index (χ4n) is 2.81. The van der Waals surface area contributed by atoms with E-state index in [0.717, 1.165) is 17.1 Å². The van der Waals surface area contributed by atoms with E-state index in [9.17, 15) is 0 Å². The molecule has 0 saturated heterocycles. The van der Waals surface area contributed by atoms with Gasteiger partial charge in [-0.05, 0) is 35.3 Å². The third-order valence-corrected chi connectivity index (χ3v) is 4.33. The summed E-state index contributed by atoms with van der Waals surface area (Å²) in [5.74, 6) is 0. The van der Waals surface area contributed by atoms with E-state index in [-0.39, 0.29) is 18.6 Å². The summed E-state index contributed by atoms with van der Waals surface area (Å²) in [4.78, 5) is 0. The Morgan fingerprint density at radius 3 is 0.971 bits per heavy atom. The second-order valence-electron chi connectivity index (χ2n) is 6.60. The molecule has 167 valence electrons. The third kappa shape index (κ3) is 7.20. The predicted molar refractivity (Wildman–Crippen MR) is 127 cm³/mol. The van der Waals surface area contributed by atoms with Gasteiger partial charge in [0.2, 0.25) is 0 Å². The van der Waals surface area contributed by atoms with E-state index < -0.39 is 0 Å². The van der Waals surface area contributed by atoms with Crippen LogP contribution in [0, 0.1) is 18.2 Å². The van der Waals surface area contributed by atoms with Crippen molar-refractivity contribution in [2.24, 2.45) is 0 Å². The van der Waals surface area contributed by atoms with Gasteiger partial charge in [0.25, 0.3) is 0 Å². The van der Waals surface area contributed by atoms with Crippen molar-refractivity contribution >= 4 is 0 Å². The summed E-state index contributed by atoms with van der Waals surface area (Å²) in [7, 11) is 0. The molecule has 7 heteroatoms. The van der Waals surface area contributed by atoms with Gasteiger partial charge in [0.15, 0.2) is 0 Å². The predicted octanol–water partition coefficient (Wildman–Crippen LogP) is 5.01. The summed E-state index contributed by atoms with van der Waals surface area (Å²) < 4.78 is 5.33. The van der Waals surface area contributed by atoms with E-state index in [1.807, 2.05) is 110 Å². The Morgan fingerprint density at radius 1 is 0.441 bits per heavy atom. The molecular weight excluding hydrogens is 459 g/mol. The number of benzene rings is 3. The number of hydrogen-bond donors (Lipinski definition) is 0. The summed E-state index contributed by atoms with van der Waals surface area (Å²) in [6.07, 6.45) is 10.9. The van der Waals surface area contributed by atoms with Crippen LogP contribution in [0.3, 0.4) is 0 Å². The average molecular weight is 480 g/mol. The quantitative estimate of drug-likeness (QED) is 0.335. The molecule has 3 aromatic carbocycles. The second kappa shape index (κ2) is 13.4. The fourth-order valence-corrected chi connectivity index (χ4v) is 2.81. The van der Waals surface area contributed by atoms with Crippen molar-refractivity contribution in [1.82, 2.24) is 29.3 Å². The van der Waals surface area contributed by atoms with Gasteiger partial charge >= 0.3 is 0 Å². The zero-order valence-electron chi connectivity index (χ0n) is 18.3. The average Bonchev–Trinajstić information content (AvgIpc) is 3.70. The molecule has 34 heavy (non-hydrogen) atoms. The first-order valence-corrected chi connectivity index (χ1v) is 10.3. The summed E-state index contributed by atoms with van der Waals surface area (Å²) in [5, 5.41) is 12.2. The molecule has 0 amide bonds. The van der Waals surface area contributed by atoms with Crippen molar-refractivity contribution in [2.45, 2.75) is 0 Å². The van der Waals surface area contributed by atoms with Crippen LogP contribution in [-0.4, -0.2) is 29.3 Å². The Morgan fingerprint density at radius 2 is 0.765 bits per heavy atom. The molecule has 6 nitrogen and oxygen atoms in total. The van der Waals surface area contributed by atoms with Crippen molar-refractivity contribution in [1.29, 1.82) is 0 Å². The molecule has 6 aromatic rings. The van der Waals surface area contributed by atoms with E-state index in [1.54, 1.807) is 32.6 Å². The largest absolute Gasteiger partial charge is 0.266 e. The van der Waals surface area contributed by atoms with E-state index in [2.05, 4.69) is 33.5 Å². The first-order chi connectivity index (χ1) is 16.4. The summed E-state index contributed by atoms with van der Waals surface area (Å²) in [6.45, 7) is 0. The van der Waals surface area contributed by atoms with Gasteiger partial charge in [-0.15, -0.1) is 18.2 Å². The normalized spacial score (nSPS) is 9.53. The molecule has 0 aliphatic carbocycles. The van der Waals surface area contributed by atoms with Crippen LogP contribution in [0.15, 0.2) is 128 Å². The number of para-hydroxylation sites is 3. The fraction of sp³-hybridized carbons (Fsp3) is 0. The number of hydrogen-bond acceptors (Lipinski definition) is 3. The SMILES string of the molecule is [V].[c-]1ccccc1-n1cccn1.[c-]1ccccc1-n1cccn1.[c-]1ccccc1-n1cccn1. The Balaban J connectivity index is 0.000000141. The zero-order chi connectivity index (χ0) is 22.6. The molecule has 0 aliphatic heterocycles. The third-order valence-electron chi connectivity index (χ3n) is 4.33. The molecule has 0 aliphatic rings. The molecule has 6 rings (SSSR count). The molecule has 3 heterocycles. The molecule has 0 unspecified atom stereocenters. The van der Waals surface area contributed by atoms with Gasteiger partial charge in [0.05, 0.1) is 0 Å². The van der Waals surface area contributed by atoms with E-state index in [1.165, 1.54) is 0 Å². The van der Waals surface area contributed by atoms with Crippen LogP contribution in [-0.2, 0) is 18.6 Å².